The Bertz CT molecular complexity index is 370. The van der Waals surface area contributed by atoms with Gasteiger partial charge in [-0.25, -0.2) is 0 Å². The second kappa shape index (κ2) is 5.35. The van der Waals surface area contributed by atoms with Crippen LogP contribution in [0.4, 0.5) is 0 Å². The molecule has 0 unspecified atom stereocenters. The van der Waals surface area contributed by atoms with E-state index < -0.39 is 0 Å². The lowest BCUT2D eigenvalue weighted by molar-refractivity contribution is 0.0762. The van der Waals surface area contributed by atoms with Crippen molar-refractivity contribution in [1.82, 2.24) is 4.90 Å². The van der Waals surface area contributed by atoms with Gasteiger partial charge in [-0.3, -0.25) is 4.79 Å². The molecule has 0 saturated carbocycles. The normalized spacial score (nSPS) is 16.9. The number of likely N-dealkylation sites (tertiary alicyclic amines) is 1. The van der Waals surface area contributed by atoms with Gasteiger partial charge in [-0.05, 0) is 31.0 Å². The number of benzene rings is 1. The summed E-state index contributed by atoms with van der Waals surface area (Å²) in [7, 11) is 0. The molecule has 0 bridgehead atoms. The Hall–Kier alpha value is -1.02. The summed E-state index contributed by atoms with van der Waals surface area (Å²) in [6.45, 7) is 1.71. The van der Waals surface area contributed by atoms with Crippen molar-refractivity contribution in [2.75, 3.05) is 13.1 Å². The maximum absolute atomic E-state index is 12.2. The number of halogens is 1. The number of carbonyl (C=O) groups excluding carboxylic acids is 1. The van der Waals surface area contributed by atoms with E-state index in [2.05, 4.69) is 6.07 Å². The van der Waals surface area contributed by atoms with Gasteiger partial charge in [0.1, 0.15) is 0 Å². The molecule has 1 saturated heterocycles. The summed E-state index contributed by atoms with van der Waals surface area (Å²) in [4.78, 5) is 14.1. The zero-order valence-electron chi connectivity index (χ0n) is 9.21. The highest BCUT2D eigenvalue weighted by Crippen LogP contribution is 2.19. The number of nitrogens with zero attached hydrogens (tertiary/aromatic N) is 1. The van der Waals surface area contributed by atoms with Crippen molar-refractivity contribution in [1.29, 1.82) is 0 Å². The molecule has 16 heavy (non-hydrogen) atoms. The lowest BCUT2D eigenvalue weighted by atomic mass is 10.2. The van der Waals surface area contributed by atoms with Gasteiger partial charge in [-0.1, -0.05) is 30.5 Å². The van der Waals surface area contributed by atoms with Gasteiger partial charge in [0.2, 0.25) is 0 Å². The molecule has 0 aliphatic carbocycles. The predicted octanol–water partition coefficient (Wildman–Crippen LogP) is 3.16. The molecule has 0 N–H and O–H groups in total. The van der Waals surface area contributed by atoms with Crippen LogP contribution in [0.15, 0.2) is 18.2 Å². The van der Waals surface area contributed by atoms with Gasteiger partial charge >= 0.3 is 0 Å². The van der Waals surface area contributed by atoms with E-state index in [4.69, 9.17) is 11.6 Å². The van der Waals surface area contributed by atoms with Crippen LogP contribution in [-0.2, 0) is 0 Å². The summed E-state index contributed by atoms with van der Waals surface area (Å²) < 4.78 is 0. The van der Waals surface area contributed by atoms with Crippen molar-refractivity contribution in [2.45, 2.75) is 25.7 Å². The molecule has 0 aromatic heterocycles. The van der Waals surface area contributed by atoms with Crippen LogP contribution < -0.4 is 0 Å². The Kier molecular flexibility index (Phi) is 3.83. The molecule has 1 aromatic carbocycles. The third-order valence-electron chi connectivity index (χ3n) is 2.94. The molecule has 85 valence electrons. The molecule has 1 aromatic rings. The van der Waals surface area contributed by atoms with E-state index in [0.29, 0.717) is 10.6 Å². The van der Waals surface area contributed by atoms with Crippen molar-refractivity contribution < 1.29 is 4.79 Å². The quantitative estimate of drug-likeness (QED) is 0.734. The molecule has 2 nitrogen and oxygen atoms in total. The largest absolute Gasteiger partial charge is 0.339 e. The highest BCUT2D eigenvalue weighted by atomic mass is 35.5. The average Bonchev–Trinajstić information content (AvgIpc) is 2.57. The first-order valence-corrected chi connectivity index (χ1v) is 6.12. The van der Waals surface area contributed by atoms with Crippen LogP contribution in [0.5, 0.6) is 0 Å². The third kappa shape index (κ3) is 2.56. The minimum atomic E-state index is 0.0564. The molecule has 1 aliphatic heterocycles. The summed E-state index contributed by atoms with van der Waals surface area (Å²) in [5.41, 5.74) is 0.599. The highest BCUT2D eigenvalue weighted by molar-refractivity contribution is 6.33. The number of hydrogen-bond donors (Lipinski definition) is 0. The maximum Gasteiger partial charge on any atom is 0.255 e. The first kappa shape index (κ1) is 11.5. The summed E-state index contributed by atoms with van der Waals surface area (Å²) >= 11 is 6.00. The second-order valence-corrected chi connectivity index (χ2v) is 4.52. The Morgan fingerprint density at radius 3 is 2.56 bits per heavy atom. The van der Waals surface area contributed by atoms with E-state index in [-0.39, 0.29) is 5.91 Å². The van der Waals surface area contributed by atoms with Gasteiger partial charge in [0.15, 0.2) is 0 Å². The summed E-state index contributed by atoms with van der Waals surface area (Å²) in [6, 6.07) is 7.99. The molecule has 1 heterocycles. The second-order valence-electron chi connectivity index (χ2n) is 4.11. The monoisotopic (exact) mass is 236 g/mol. The smallest absolute Gasteiger partial charge is 0.255 e. The zero-order valence-corrected chi connectivity index (χ0v) is 9.96. The fraction of sp³-hybridized carbons (Fsp3) is 0.462. The van der Waals surface area contributed by atoms with Crippen molar-refractivity contribution in [3.63, 3.8) is 0 Å². The number of hydrogen-bond acceptors (Lipinski definition) is 1. The minimum Gasteiger partial charge on any atom is -0.339 e. The number of amides is 1. The van der Waals surface area contributed by atoms with Crippen LogP contribution in [-0.4, -0.2) is 23.9 Å². The fourth-order valence-electron chi connectivity index (χ4n) is 2.03. The molecule has 3 heteroatoms. The van der Waals surface area contributed by atoms with Gasteiger partial charge in [0.05, 0.1) is 10.6 Å². The van der Waals surface area contributed by atoms with Crippen LogP contribution in [0.1, 0.15) is 36.0 Å². The standard InChI is InChI=1S/C13H15ClNO/c14-12-8-4-3-7-11(12)13(16)15-9-5-1-2-6-10-15/h3,7-8H,1-2,5-6,9-10H2. The minimum absolute atomic E-state index is 0.0564. The van der Waals surface area contributed by atoms with Crippen LogP contribution in [0.25, 0.3) is 0 Å². The zero-order chi connectivity index (χ0) is 11.4. The molecular formula is C13H15ClNO. The van der Waals surface area contributed by atoms with Gasteiger partial charge in [0.25, 0.3) is 5.91 Å². The van der Waals surface area contributed by atoms with Gasteiger partial charge < -0.3 is 4.90 Å². The molecule has 0 spiro atoms. The SMILES string of the molecule is O=C(c1cc[c]cc1Cl)N1CCCCCC1. The molecule has 1 fully saturated rings. The summed E-state index contributed by atoms with van der Waals surface area (Å²) in [6.07, 6.45) is 4.64. The topological polar surface area (TPSA) is 20.3 Å². The molecular weight excluding hydrogens is 222 g/mol. The lowest BCUT2D eigenvalue weighted by Gasteiger charge is -2.20. The number of carbonyl (C=O) groups is 1. The molecule has 2 rings (SSSR count). The van der Waals surface area contributed by atoms with Gasteiger partial charge in [0, 0.05) is 13.1 Å². The van der Waals surface area contributed by atoms with E-state index in [0.717, 1.165) is 25.9 Å². The fourth-order valence-corrected chi connectivity index (χ4v) is 2.23. The Balaban J connectivity index is 2.14. The van der Waals surface area contributed by atoms with Crippen molar-refractivity contribution in [2.24, 2.45) is 0 Å². The lowest BCUT2D eigenvalue weighted by Crippen LogP contribution is -2.31. The van der Waals surface area contributed by atoms with Gasteiger partial charge in [-0.2, -0.15) is 0 Å². The summed E-state index contributed by atoms with van der Waals surface area (Å²) in [5, 5.41) is 0.497. The Labute approximate surface area is 101 Å². The Morgan fingerprint density at radius 2 is 1.94 bits per heavy atom. The first-order valence-electron chi connectivity index (χ1n) is 5.74. The molecule has 1 aliphatic rings. The first-order chi connectivity index (χ1) is 7.79. The predicted molar refractivity (Wildman–Crippen MR) is 64.7 cm³/mol. The van der Waals surface area contributed by atoms with E-state index in [1.807, 2.05) is 4.90 Å². The van der Waals surface area contributed by atoms with Crippen molar-refractivity contribution in [3.8, 4) is 0 Å². The van der Waals surface area contributed by atoms with Crippen molar-refractivity contribution in [3.05, 3.63) is 34.9 Å². The maximum atomic E-state index is 12.2. The molecule has 1 amide bonds. The highest BCUT2D eigenvalue weighted by Gasteiger charge is 2.18. The van der Waals surface area contributed by atoms with E-state index >= 15 is 0 Å². The van der Waals surface area contributed by atoms with Crippen LogP contribution in [0.3, 0.4) is 0 Å². The molecule has 0 atom stereocenters. The Morgan fingerprint density at radius 1 is 1.25 bits per heavy atom. The van der Waals surface area contributed by atoms with Crippen LogP contribution >= 0.6 is 11.6 Å². The van der Waals surface area contributed by atoms with E-state index in [1.54, 1.807) is 18.2 Å². The van der Waals surface area contributed by atoms with E-state index in [9.17, 15) is 4.79 Å². The molecule has 1 radical (unpaired) electrons. The average molecular weight is 237 g/mol. The van der Waals surface area contributed by atoms with Crippen LogP contribution in [0.2, 0.25) is 5.02 Å². The number of rotatable bonds is 1. The third-order valence-corrected chi connectivity index (χ3v) is 3.25. The van der Waals surface area contributed by atoms with Gasteiger partial charge in [-0.15, -0.1) is 0 Å². The van der Waals surface area contributed by atoms with E-state index in [1.165, 1.54) is 12.8 Å². The van der Waals surface area contributed by atoms with Crippen molar-refractivity contribution >= 4 is 17.5 Å². The summed E-state index contributed by atoms with van der Waals surface area (Å²) in [5.74, 6) is 0.0564. The van der Waals surface area contributed by atoms with Crippen LogP contribution in [0, 0.1) is 6.07 Å².